The molecule has 12 nitrogen and oxygen atoms in total. The van der Waals surface area contributed by atoms with Gasteiger partial charge >= 0.3 is 5.97 Å². The molecule has 3 N–H and O–H groups in total. The van der Waals surface area contributed by atoms with Gasteiger partial charge in [0.15, 0.2) is 5.78 Å². The molecule has 1 saturated carbocycles. The van der Waals surface area contributed by atoms with Gasteiger partial charge in [-0.1, -0.05) is 24.3 Å². The number of anilines is 1. The SMILES string of the molecule is CNC(=O)c1c(-c2ccc(F)cc2)oc2cc(N(CCOCCOCc3ccc(C(=O)/C=C(\O)C(=O)O)cc3)S(C)(=O)=O)c(C3CC3)cc12. The summed E-state index contributed by atoms with van der Waals surface area (Å²) in [7, 11) is -2.26. The van der Waals surface area contributed by atoms with Crippen LogP contribution >= 0.6 is 0 Å². The number of sulfonamides is 1. The minimum Gasteiger partial charge on any atom is -0.502 e. The summed E-state index contributed by atoms with van der Waals surface area (Å²) in [5, 5.41) is 21.1. The first kappa shape index (κ1) is 35.3. The monoisotopic (exact) mass is 694 g/mol. The van der Waals surface area contributed by atoms with Crippen LogP contribution < -0.4 is 9.62 Å². The van der Waals surface area contributed by atoms with Crippen molar-refractivity contribution in [1.82, 2.24) is 5.32 Å². The fraction of sp³-hybridized carbons (Fsp3) is 0.286. The number of rotatable bonds is 16. The first-order chi connectivity index (χ1) is 23.4. The molecule has 5 rings (SSSR count). The number of ether oxygens (including phenoxy) is 2. The highest BCUT2D eigenvalue weighted by atomic mass is 32.2. The Labute approximate surface area is 281 Å². The zero-order chi connectivity index (χ0) is 35.3. The molecule has 0 aliphatic heterocycles. The number of hydrogen-bond acceptors (Lipinski definition) is 9. The highest BCUT2D eigenvalue weighted by Gasteiger charge is 2.33. The maximum absolute atomic E-state index is 13.7. The van der Waals surface area contributed by atoms with E-state index in [1.54, 1.807) is 18.2 Å². The average molecular weight is 695 g/mol. The second kappa shape index (κ2) is 15.0. The molecule has 258 valence electrons. The zero-order valence-corrected chi connectivity index (χ0v) is 27.6. The van der Waals surface area contributed by atoms with Crippen LogP contribution in [0.15, 0.2) is 76.9 Å². The van der Waals surface area contributed by atoms with Crippen LogP contribution in [0.2, 0.25) is 0 Å². The molecular formula is C35H35FN2O10S. The van der Waals surface area contributed by atoms with Crippen LogP contribution in [0.4, 0.5) is 10.1 Å². The lowest BCUT2D eigenvalue weighted by Gasteiger charge is -2.25. The number of hydrogen-bond donors (Lipinski definition) is 3. The maximum atomic E-state index is 13.7. The van der Waals surface area contributed by atoms with Crippen molar-refractivity contribution in [2.45, 2.75) is 25.4 Å². The van der Waals surface area contributed by atoms with Crippen LogP contribution in [0.25, 0.3) is 22.3 Å². The Bertz CT molecular complexity index is 2000. The molecule has 1 aliphatic carbocycles. The van der Waals surface area contributed by atoms with Crippen LogP contribution in [-0.2, 0) is 30.9 Å². The Balaban J connectivity index is 1.25. The Morgan fingerprint density at radius 1 is 1.00 bits per heavy atom. The van der Waals surface area contributed by atoms with Gasteiger partial charge in [-0.2, -0.15) is 0 Å². The summed E-state index contributed by atoms with van der Waals surface area (Å²) in [6.07, 6.45) is 3.48. The van der Waals surface area contributed by atoms with Crippen molar-refractivity contribution in [2.75, 3.05) is 44.0 Å². The van der Waals surface area contributed by atoms with E-state index in [-0.39, 0.29) is 61.7 Å². The molecule has 0 saturated heterocycles. The quantitative estimate of drug-likeness (QED) is 0.0614. The number of furan rings is 1. The number of aliphatic hydroxyl groups excluding tert-OH is 1. The van der Waals surface area contributed by atoms with Crippen molar-refractivity contribution < 1.29 is 51.3 Å². The third-order valence-corrected chi connectivity index (χ3v) is 9.07. The number of aliphatic carboxylic acids is 1. The molecule has 14 heteroatoms. The first-order valence-electron chi connectivity index (χ1n) is 15.4. The minimum atomic E-state index is -3.76. The Hall–Kier alpha value is -5.05. The molecule has 0 atom stereocenters. The Kier molecular flexibility index (Phi) is 10.8. The van der Waals surface area contributed by atoms with Crippen LogP contribution in [0.1, 0.15) is 50.6 Å². The van der Waals surface area contributed by atoms with E-state index in [1.165, 1.54) is 47.8 Å². The van der Waals surface area contributed by atoms with Gasteiger partial charge in [0.1, 0.15) is 17.2 Å². The number of carbonyl (C=O) groups is 3. The third kappa shape index (κ3) is 8.52. The van der Waals surface area contributed by atoms with E-state index < -0.39 is 33.4 Å². The molecule has 1 fully saturated rings. The maximum Gasteiger partial charge on any atom is 0.371 e. The van der Waals surface area contributed by atoms with E-state index in [2.05, 4.69) is 5.32 Å². The molecule has 1 amide bonds. The molecular weight excluding hydrogens is 659 g/mol. The van der Waals surface area contributed by atoms with Gasteiger partial charge in [0.25, 0.3) is 5.91 Å². The second-order valence-corrected chi connectivity index (χ2v) is 13.4. The summed E-state index contributed by atoms with van der Waals surface area (Å²) in [5.74, 6) is -3.76. The predicted molar refractivity (Wildman–Crippen MR) is 179 cm³/mol. The lowest BCUT2D eigenvalue weighted by atomic mass is 10.0. The van der Waals surface area contributed by atoms with Gasteiger partial charge in [0, 0.05) is 35.7 Å². The topological polar surface area (TPSA) is 173 Å². The molecule has 0 radical (unpaired) electrons. The van der Waals surface area contributed by atoms with E-state index in [1.807, 2.05) is 6.07 Å². The number of carboxylic acid groups (broad SMARTS) is 1. The second-order valence-electron chi connectivity index (χ2n) is 11.5. The number of halogens is 1. The number of fused-ring (bicyclic) bond motifs is 1. The standard InChI is InChI=1S/C35H35FN2O10S/c1-37-34(41)32-27-17-26(22-7-8-22)28(18-31(27)48-33(32)24-9-11-25(36)12-10-24)38(49(2,44)45)13-14-46-15-16-47-20-21-3-5-23(6-4-21)29(39)19-30(40)35(42)43/h3-6,9-12,17-19,22,40H,7-8,13-16,20H2,1-2H3,(H,37,41)(H,42,43)/b30-19-. The molecule has 3 aromatic carbocycles. The van der Waals surface area contributed by atoms with Crippen molar-refractivity contribution in [3.63, 3.8) is 0 Å². The van der Waals surface area contributed by atoms with E-state index in [4.69, 9.17) is 19.0 Å². The van der Waals surface area contributed by atoms with Gasteiger partial charge < -0.3 is 29.4 Å². The van der Waals surface area contributed by atoms with Crippen LogP contribution in [0.5, 0.6) is 0 Å². The van der Waals surface area contributed by atoms with Crippen LogP contribution in [0, 0.1) is 5.82 Å². The molecule has 0 bridgehead atoms. The lowest BCUT2D eigenvalue weighted by Crippen LogP contribution is -2.34. The van der Waals surface area contributed by atoms with Crippen molar-refractivity contribution in [3.8, 4) is 11.3 Å². The number of aliphatic hydroxyl groups is 1. The number of nitrogens with zero attached hydrogens (tertiary/aromatic N) is 1. The minimum absolute atomic E-state index is 0.0132. The van der Waals surface area contributed by atoms with E-state index in [9.17, 15) is 32.3 Å². The fourth-order valence-electron chi connectivity index (χ4n) is 5.30. The molecule has 49 heavy (non-hydrogen) atoms. The summed E-state index contributed by atoms with van der Waals surface area (Å²) in [5.41, 5.74) is 3.26. The van der Waals surface area contributed by atoms with E-state index >= 15 is 0 Å². The predicted octanol–water partition coefficient (Wildman–Crippen LogP) is 5.18. The average Bonchev–Trinajstić information content (AvgIpc) is 3.85. The van der Waals surface area contributed by atoms with E-state index in [0.717, 1.165) is 30.2 Å². The Morgan fingerprint density at radius 2 is 1.67 bits per heavy atom. The smallest absolute Gasteiger partial charge is 0.371 e. The molecule has 0 spiro atoms. The fourth-order valence-corrected chi connectivity index (χ4v) is 6.22. The van der Waals surface area contributed by atoms with Gasteiger partial charge in [-0.15, -0.1) is 0 Å². The van der Waals surface area contributed by atoms with Crippen molar-refractivity contribution >= 4 is 44.3 Å². The molecule has 0 unspecified atom stereocenters. The Morgan fingerprint density at radius 3 is 2.29 bits per heavy atom. The number of carboxylic acids is 1. The van der Waals surface area contributed by atoms with Gasteiger partial charge in [0.05, 0.1) is 50.5 Å². The number of carbonyl (C=O) groups excluding carboxylic acids is 2. The third-order valence-electron chi connectivity index (χ3n) is 7.89. The number of allylic oxidation sites excluding steroid dienone is 1. The first-order valence-corrected chi connectivity index (χ1v) is 17.2. The van der Waals surface area contributed by atoms with Crippen molar-refractivity contribution in [1.29, 1.82) is 0 Å². The van der Waals surface area contributed by atoms with Crippen LogP contribution in [0.3, 0.4) is 0 Å². The summed E-state index contributed by atoms with van der Waals surface area (Å²) < 4.78 is 58.5. The summed E-state index contributed by atoms with van der Waals surface area (Å²) in [6.45, 7) is 0.661. The molecule has 4 aromatic rings. The van der Waals surface area contributed by atoms with Gasteiger partial charge in [-0.25, -0.2) is 17.6 Å². The summed E-state index contributed by atoms with van der Waals surface area (Å²) >= 11 is 0. The molecule has 1 aromatic heterocycles. The summed E-state index contributed by atoms with van der Waals surface area (Å²) in [6, 6.07) is 15.3. The molecule has 1 aliphatic rings. The van der Waals surface area contributed by atoms with Gasteiger partial charge in [-0.05, 0) is 60.2 Å². The van der Waals surface area contributed by atoms with Crippen molar-refractivity contribution in [3.05, 3.63) is 101 Å². The number of nitrogens with one attached hydrogen (secondary N) is 1. The van der Waals surface area contributed by atoms with E-state index in [0.29, 0.717) is 28.3 Å². The van der Waals surface area contributed by atoms with Crippen LogP contribution in [-0.4, -0.2) is 76.0 Å². The number of ketones is 1. The van der Waals surface area contributed by atoms with Crippen molar-refractivity contribution in [2.24, 2.45) is 0 Å². The van der Waals surface area contributed by atoms with Gasteiger partial charge in [0.2, 0.25) is 15.8 Å². The summed E-state index contributed by atoms with van der Waals surface area (Å²) in [4.78, 5) is 35.8. The normalized spacial score (nSPS) is 13.4. The zero-order valence-electron chi connectivity index (χ0n) is 26.8. The highest BCUT2D eigenvalue weighted by Crippen LogP contribution is 2.48. The number of amides is 1. The lowest BCUT2D eigenvalue weighted by molar-refractivity contribution is -0.135. The highest BCUT2D eigenvalue weighted by molar-refractivity contribution is 7.92. The molecule has 1 heterocycles. The largest absolute Gasteiger partial charge is 0.502 e. The number of benzene rings is 3. The van der Waals surface area contributed by atoms with Gasteiger partial charge in [-0.3, -0.25) is 13.9 Å².